The molecule has 8 aromatic carbocycles. The molecule has 0 saturated carbocycles. The van der Waals surface area contributed by atoms with Crippen molar-refractivity contribution in [2.75, 3.05) is 0 Å². The van der Waals surface area contributed by atoms with Crippen LogP contribution in [0.2, 0.25) is 0 Å². The van der Waals surface area contributed by atoms with E-state index < -0.39 is 0 Å². The van der Waals surface area contributed by atoms with Crippen LogP contribution in [0.15, 0.2) is 180 Å². The van der Waals surface area contributed by atoms with E-state index in [-0.39, 0.29) is 5.41 Å². The third-order valence-electron chi connectivity index (χ3n) is 11.5. The normalized spacial score (nSPS) is 13.0. The molecule has 2 aromatic heterocycles. The smallest absolute Gasteiger partial charge is 0.164 e. The summed E-state index contributed by atoms with van der Waals surface area (Å²) in [6.45, 7) is 4.61. The number of aromatic nitrogens is 3. The Morgan fingerprint density at radius 2 is 0.982 bits per heavy atom. The Hall–Kier alpha value is -7.17. The maximum atomic E-state index is 6.92. The van der Waals surface area contributed by atoms with Crippen molar-refractivity contribution in [3.63, 3.8) is 0 Å². The number of rotatable bonds is 5. The Labute approximate surface area is 324 Å². The van der Waals surface area contributed by atoms with E-state index in [1.807, 2.05) is 24.3 Å². The van der Waals surface area contributed by atoms with E-state index in [1.165, 1.54) is 27.8 Å². The average molecular weight is 718 g/mol. The minimum absolute atomic E-state index is 0.154. The number of hydrogen-bond donors (Lipinski definition) is 0. The molecule has 11 rings (SSSR count). The maximum absolute atomic E-state index is 6.92. The van der Waals surface area contributed by atoms with Gasteiger partial charge < -0.3 is 4.42 Å². The van der Waals surface area contributed by atoms with Crippen molar-refractivity contribution in [3.8, 4) is 67.5 Å². The molecular formula is C52H35N3O. The van der Waals surface area contributed by atoms with E-state index in [0.717, 1.165) is 66.1 Å². The topological polar surface area (TPSA) is 51.8 Å². The van der Waals surface area contributed by atoms with Crippen LogP contribution >= 0.6 is 0 Å². The third-order valence-corrected chi connectivity index (χ3v) is 11.5. The number of fused-ring (bicyclic) bond motifs is 7. The van der Waals surface area contributed by atoms with E-state index in [9.17, 15) is 0 Å². The molecule has 2 heterocycles. The molecule has 0 atom stereocenters. The lowest BCUT2D eigenvalue weighted by atomic mass is 9.82. The molecule has 0 aliphatic heterocycles. The lowest BCUT2D eigenvalue weighted by Crippen LogP contribution is -2.15. The Morgan fingerprint density at radius 3 is 1.79 bits per heavy atom. The molecule has 4 heteroatoms. The van der Waals surface area contributed by atoms with Gasteiger partial charge in [0.25, 0.3) is 0 Å². The summed E-state index contributed by atoms with van der Waals surface area (Å²) in [7, 11) is 0. The van der Waals surface area contributed by atoms with Gasteiger partial charge >= 0.3 is 0 Å². The molecule has 0 unspecified atom stereocenters. The van der Waals surface area contributed by atoms with Crippen LogP contribution in [-0.2, 0) is 5.41 Å². The summed E-state index contributed by atoms with van der Waals surface area (Å²) in [5, 5.41) is 4.28. The van der Waals surface area contributed by atoms with Gasteiger partial charge in [-0.2, -0.15) is 0 Å². The van der Waals surface area contributed by atoms with Crippen molar-refractivity contribution in [1.29, 1.82) is 0 Å². The molecule has 0 fully saturated rings. The molecule has 1 aliphatic carbocycles. The molecule has 56 heavy (non-hydrogen) atoms. The highest BCUT2D eigenvalue weighted by atomic mass is 16.3. The Kier molecular flexibility index (Phi) is 7.17. The van der Waals surface area contributed by atoms with Crippen molar-refractivity contribution < 1.29 is 4.42 Å². The van der Waals surface area contributed by atoms with E-state index in [1.54, 1.807) is 0 Å². The molecule has 0 saturated heterocycles. The number of nitrogens with zero attached hydrogens (tertiary/aromatic N) is 3. The van der Waals surface area contributed by atoms with E-state index >= 15 is 0 Å². The quantitative estimate of drug-likeness (QED) is 0.178. The first-order valence-electron chi connectivity index (χ1n) is 19.1. The standard InChI is InChI=1S/C52H35N3O/c1-52(2)44-23-12-11-22-40(44)41-25-24-38(30-45(41)52)50-53-49(33-16-7-4-8-17-33)54-51(55-50)42-27-26-39(37-21-13-20-34(28-37)32-14-5-3-6-15-32)48-47(42)43-29-35-18-9-10-19-36(35)31-46(43)56-48/h3-31H,1-2H3. The summed E-state index contributed by atoms with van der Waals surface area (Å²) >= 11 is 0. The summed E-state index contributed by atoms with van der Waals surface area (Å²) in [4.78, 5) is 15.7. The van der Waals surface area contributed by atoms with Gasteiger partial charge in [-0.15, -0.1) is 0 Å². The van der Waals surface area contributed by atoms with Crippen LogP contribution in [-0.4, -0.2) is 15.0 Å². The Bertz CT molecular complexity index is 3160. The van der Waals surface area contributed by atoms with Crippen LogP contribution in [0.4, 0.5) is 0 Å². The zero-order valence-corrected chi connectivity index (χ0v) is 31.0. The minimum Gasteiger partial charge on any atom is -0.455 e. The largest absolute Gasteiger partial charge is 0.455 e. The molecule has 1 aliphatic rings. The van der Waals surface area contributed by atoms with E-state index in [2.05, 4.69) is 166 Å². The van der Waals surface area contributed by atoms with Crippen LogP contribution in [0.3, 0.4) is 0 Å². The highest BCUT2D eigenvalue weighted by Crippen LogP contribution is 2.50. The van der Waals surface area contributed by atoms with Crippen molar-refractivity contribution >= 4 is 32.7 Å². The second-order valence-corrected chi connectivity index (χ2v) is 15.2. The molecule has 0 spiro atoms. The van der Waals surface area contributed by atoms with Crippen molar-refractivity contribution in [1.82, 2.24) is 15.0 Å². The number of furan rings is 1. The molecule has 0 amide bonds. The summed E-state index contributed by atoms with van der Waals surface area (Å²) in [5.41, 5.74) is 13.8. The van der Waals surface area contributed by atoms with Gasteiger partial charge in [0.15, 0.2) is 17.5 Å². The van der Waals surface area contributed by atoms with Crippen molar-refractivity contribution in [2.45, 2.75) is 19.3 Å². The molecule has 10 aromatic rings. The predicted octanol–water partition coefficient (Wildman–Crippen LogP) is 13.6. The molecule has 0 N–H and O–H groups in total. The summed E-state index contributed by atoms with van der Waals surface area (Å²) in [6, 6.07) is 61.9. The van der Waals surface area contributed by atoms with Gasteiger partial charge in [-0.3, -0.25) is 0 Å². The summed E-state index contributed by atoms with van der Waals surface area (Å²) in [5.74, 6) is 1.86. The number of hydrogen-bond acceptors (Lipinski definition) is 4. The second kappa shape index (κ2) is 12.4. The first kappa shape index (κ1) is 32.3. The van der Waals surface area contributed by atoms with Crippen LogP contribution in [0.1, 0.15) is 25.0 Å². The van der Waals surface area contributed by atoms with Crippen LogP contribution in [0.25, 0.3) is 100 Å². The van der Waals surface area contributed by atoms with Crippen molar-refractivity contribution in [3.05, 3.63) is 187 Å². The van der Waals surface area contributed by atoms with E-state index in [0.29, 0.717) is 17.5 Å². The summed E-state index contributed by atoms with van der Waals surface area (Å²) < 4.78 is 6.92. The zero-order valence-electron chi connectivity index (χ0n) is 31.0. The Morgan fingerprint density at radius 1 is 0.393 bits per heavy atom. The fourth-order valence-corrected chi connectivity index (χ4v) is 8.66. The second-order valence-electron chi connectivity index (χ2n) is 15.2. The maximum Gasteiger partial charge on any atom is 0.164 e. The molecule has 264 valence electrons. The summed E-state index contributed by atoms with van der Waals surface area (Å²) in [6.07, 6.45) is 0. The fourth-order valence-electron chi connectivity index (χ4n) is 8.66. The third kappa shape index (κ3) is 5.10. The van der Waals surface area contributed by atoms with Crippen LogP contribution in [0.5, 0.6) is 0 Å². The van der Waals surface area contributed by atoms with Gasteiger partial charge in [0, 0.05) is 38.4 Å². The van der Waals surface area contributed by atoms with Crippen LogP contribution < -0.4 is 0 Å². The highest BCUT2D eigenvalue weighted by molar-refractivity contribution is 6.18. The SMILES string of the molecule is CC1(C)c2ccccc2-c2ccc(-c3nc(-c4ccccc4)nc(-c4ccc(-c5cccc(-c6ccccc6)c5)c5oc6cc7ccccc7cc6c45)n3)cc21. The Balaban J connectivity index is 1.16. The fraction of sp³-hybridized carbons (Fsp3) is 0.0577. The minimum atomic E-state index is -0.154. The predicted molar refractivity (Wildman–Crippen MR) is 229 cm³/mol. The van der Waals surface area contributed by atoms with Gasteiger partial charge in [-0.25, -0.2) is 15.0 Å². The average Bonchev–Trinajstić information content (AvgIpc) is 3.74. The zero-order chi connectivity index (χ0) is 37.4. The molecule has 4 nitrogen and oxygen atoms in total. The van der Waals surface area contributed by atoms with Gasteiger partial charge in [-0.05, 0) is 86.1 Å². The molecule has 0 bridgehead atoms. The highest BCUT2D eigenvalue weighted by Gasteiger charge is 2.35. The van der Waals surface area contributed by atoms with Gasteiger partial charge in [0.2, 0.25) is 0 Å². The van der Waals surface area contributed by atoms with Gasteiger partial charge in [-0.1, -0.05) is 153 Å². The molecular weight excluding hydrogens is 683 g/mol. The van der Waals surface area contributed by atoms with Gasteiger partial charge in [0.05, 0.1) is 0 Å². The lowest BCUT2D eigenvalue weighted by molar-refractivity contribution is 0.660. The van der Waals surface area contributed by atoms with E-state index in [4.69, 9.17) is 19.4 Å². The monoisotopic (exact) mass is 717 g/mol. The molecule has 0 radical (unpaired) electrons. The van der Waals surface area contributed by atoms with Gasteiger partial charge in [0.1, 0.15) is 11.2 Å². The van der Waals surface area contributed by atoms with Crippen LogP contribution in [0, 0.1) is 0 Å². The lowest BCUT2D eigenvalue weighted by Gasteiger charge is -2.21. The number of benzene rings is 8. The first-order valence-corrected chi connectivity index (χ1v) is 19.1. The first-order chi connectivity index (χ1) is 27.5. The van der Waals surface area contributed by atoms with Crippen molar-refractivity contribution in [2.24, 2.45) is 0 Å².